The van der Waals surface area contributed by atoms with E-state index in [-0.39, 0.29) is 11.9 Å². The lowest BCUT2D eigenvalue weighted by Crippen LogP contribution is -2.32. The highest BCUT2D eigenvalue weighted by Crippen LogP contribution is 2.20. The molecule has 22 heavy (non-hydrogen) atoms. The lowest BCUT2D eigenvalue weighted by molar-refractivity contribution is -0.121. The van der Waals surface area contributed by atoms with Gasteiger partial charge in [0.1, 0.15) is 0 Å². The molecule has 1 N–H and O–H groups in total. The molecular formula is C17H23N3O2. The predicted octanol–water partition coefficient (Wildman–Crippen LogP) is 3.28. The van der Waals surface area contributed by atoms with Gasteiger partial charge in [-0.05, 0) is 25.8 Å². The van der Waals surface area contributed by atoms with Crippen LogP contribution in [0.3, 0.4) is 0 Å². The summed E-state index contributed by atoms with van der Waals surface area (Å²) in [5, 5.41) is 6.97. The Bertz CT molecular complexity index is 622. The Kier molecular flexibility index (Phi) is 5.69. The second kappa shape index (κ2) is 7.73. The molecule has 5 heteroatoms. The number of nitrogens with zero attached hydrogens (tertiary/aromatic N) is 2. The normalized spacial score (nSPS) is 12.1. The third-order valence-electron chi connectivity index (χ3n) is 3.55. The van der Waals surface area contributed by atoms with Crippen molar-refractivity contribution in [3.05, 3.63) is 35.7 Å². The van der Waals surface area contributed by atoms with Crippen LogP contribution in [0.2, 0.25) is 0 Å². The molecule has 0 radical (unpaired) electrons. The first-order valence-electron chi connectivity index (χ1n) is 7.78. The van der Waals surface area contributed by atoms with Gasteiger partial charge in [-0.3, -0.25) is 4.79 Å². The van der Waals surface area contributed by atoms with E-state index in [1.807, 2.05) is 38.1 Å². The molecule has 0 saturated carbocycles. The molecule has 1 aromatic carbocycles. The maximum atomic E-state index is 11.8. The monoisotopic (exact) mass is 301 g/mol. The lowest BCUT2D eigenvalue weighted by Gasteiger charge is -2.11. The van der Waals surface area contributed by atoms with Crippen LogP contribution >= 0.6 is 0 Å². The molecule has 0 aliphatic carbocycles. The summed E-state index contributed by atoms with van der Waals surface area (Å²) in [4.78, 5) is 16.2. The molecule has 1 heterocycles. The lowest BCUT2D eigenvalue weighted by atomic mass is 10.1. The number of amides is 1. The molecule has 0 saturated heterocycles. The number of carbonyl (C=O) groups is 1. The Labute approximate surface area is 131 Å². The molecule has 1 amide bonds. The summed E-state index contributed by atoms with van der Waals surface area (Å²) in [7, 11) is 0. The van der Waals surface area contributed by atoms with Crippen LogP contribution < -0.4 is 5.32 Å². The summed E-state index contributed by atoms with van der Waals surface area (Å²) in [6.45, 7) is 6.13. The van der Waals surface area contributed by atoms with Crippen molar-refractivity contribution in [2.24, 2.45) is 0 Å². The standard InChI is InChI=1S/C17H23N3O2/c1-4-7-13(3)18-15(21)10-11-16-19-17(20-22-16)14-9-6-5-8-12(14)2/h5-6,8-9,13H,4,7,10-11H2,1-3H3,(H,18,21). The fourth-order valence-electron chi connectivity index (χ4n) is 2.36. The summed E-state index contributed by atoms with van der Waals surface area (Å²) in [6, 6.07) is 8.10. The summed E-state index contributed by atoms with van der Waals surface area (Å²) in [5.74, 6) is 1.10. The number of aromatic nitrogens is 2. The highest BCUT2D eigenvalue weighted by atomic mass is 16.5. The van der Waals surface area contributed by atoms with E-state index in [0.29, 0.717) is 24.6 Å². The van der Waals surface area contributed by atoms with Gasteiger partial charge in [0.05, 0.1) is 0 Å². The van der Waals surface area contributed by atoms with E-state index in [4.69, 9.17) is 4.52 Å². The smallest absolute Gasteiger partial charge is 0.227 e. The molecular weight excluding hydrogens is 278 g/mol. The SMILES string of the molecule is CCCC(C)NC(=O)CCc1nc(-c2ccccc2C)no1. The summed E-state index contributed by atoms with van der Waals surface area (Å²) < 4.78 is 5.24. The van der Waals surface area contributed by atoms with Crippen LogP contribution in [0, 0.1) is 6.92 Å². The average molecular weight is 301 g/mol. The molecule has 0 aliphatic rings. The van der Waals surface area contributed by atoms with Gasteiger partial charge in [-0.15, -0.1) is 0 Å². The van der Waals surface area contributed by atoms with E-state index in [0.717, 1.165) is 24.0 Å². The zero-order chi connectivity index (χ0) is 15.9. The topological polar surface area (TPSA) is 68.0 Å². The van der Waals surface area contributed by atoms with Gasteiger partial charge in [-0.25, -0.2) is 0 Å². The van der Waals surface area contributed by atoms with Crippen molar-refractivity contribution in [3.63, 3.8) is 0 Å². The van der Waals surface area contributed by atoms with E-state index in [2.05, 4.69) is 22.4 Å². The van der Waals surface area contributed by atoms with Crippen LogP contribution in [0.5, 0.6) is 0 Å². The van der Waals surface area contributed by atoms with E-state index < -0.39 is 0 Å². The molecule has 1 unspecified atom stereocenters. The fourth-order valence-corrected chi connectivity index (χ4v) is 2.36. The van der Waals surface area contributed by atoms with Crippen LogP contribution in [-0.2, 0) is 11.2 Å². The van der Waals surface area contributed by atoms with Crippen molar-refractivity contribution in [1.82, 2.24) is 15.5 Å². The number of nitrogens with one attached hydrogen (secondary N) is 1. The van der Waals surface area contributed by atoms with Gasteiger partial charge in [0, 0.05) is 24.4 Å². The molecule has 0 fully saturated rings. The van der Waals surface area contributed by atoms with E-state index in [9.17, 15) is 4.79 Å². The quantitative estimate of drug-likeness (QED) is 0.852. The van der Waals surface area contributed by atoms with E-state index in [1.54, 1.807) is 0 Å². The Morgan fingerprint density at radius 1 is 1.36 bits per heavy atom. The summed E-state index contributed by atoms with van der Waals surface area (Å²) >= 11 is 0. The third kappa shape index (κ3) is 4.41. The maximum absolute atomic E-state index is 11.8. The van der Waals surface area contributed by atoms with Gasteiger partial charge in [0.15, 0.2) is 0 Å². The van der Waals surface area contributed by atoms with Crippen LogP contribution in [0.4, 0.5) is 0 Å². The second-order valence-electron chi connectivity index (χ2n) is 5.58. The van der Waals surface area contributed by atoms with Crippen LogP contribution in [0.15, 0.2) is 28.8 Å². The maximum Gasteiger partial charge on any atom is 0.227 e. The Balaban J connectivity index is 1.90. The van der Waals surface area contributed by atoms with E-state index >= 15 is 0 Å². The minimum atomic E-state index is 0.0246. The molecule has 2 rings (SSSR count). The van der Waals surface area contributed by atoms with Gasteiger partial charge in [0.25, 0.3) is 0 Å². The van der Waals surface area contributed by atoms with Crippen molar-refractivity contribution < 1.29 is 9.32 Å². The van der Waals surface area contributed by atoms with Gasteiger partial charge >= 0.3 is 0 Å². The number of aryl methyl sites for hydroxylation is 2. The van der Waals surface area contributed by atoms with Crippen molar-refractivity contribution >= 4 is 5.91 Å². The minimum absolute atomic E-state index is 0.0246. The highest BCUT2D eigenvalue weighted by Gasteiger charge is 2.12. The first kappa shape index (κ1) is 16.2. The number of hydrogen-bond acceptors (Lipinski definition) is 4. The van der Waals surface area contributed by atoms with Gasteiger partial charge < -0.3 is 9.84 Å². The van der Waals surface area contributed by atoms with Crippen LogP contribution in [0.25, 0.3) is 11.4 Å². The second-order valence-corrected chi connectivity index (χ2v) is 5.58. The minimum Gasteiger partial charge on any atom is -0.354 e. The number of carbonyl (C=O) groups excluding carboxylic acids is 1. The molecule has 5 nitrogen and oxygen atoms in total. The molecule has 1 atom stereocenters. The zero-order valence-electron chi connectivity index (χ0n) is 13.4. The van der Waals surface area contributed by atoms with Crippen molar-refractivity contribution in [3.8, 4) is 11.4 Å². The average Bonchev–Trinajstić information content (AvgIpc) is 2.94. The van der Waals surface area contributed by atoms with Crippen molar-refractivity contribution in [1.29, 1.82) is 0 Å². The van der Waals surface area contributed by atoms with Gasteiger partial charge in [-0.1, -0.05) is 42.8 Å². The molecule has 0 aliphatic heterocycles. The first-order valence-corrected chi connectivity index (χ1v) is 7.78. The molecule has 0 spiro atoms. The van der Waals surface area contributed by atoms with Gasteiger partial charge in [0.2, 0.25) is 17.6 Å². The fraction of sp³-hybridized carbons (Fsp3) is 0.471. The van der Waals surface area contributed by atoms with Gasteiger partial charge in [-0.2, -0.15) is 4.98 Å². The number of rotatable bonds is 7. The zero-order valence-corrected chi connectivity index (χ0v) is 13.4. The number of hydrogen-bond donors (Lipinski definition) is 1. The van der Waals surface area contributed by atoms with Crippen LogP contribution in [-0.4, -0.2) is 22.1 Å². The molecule has 1 aromatic heterocycles. The Hall–Kier alpha value is -2.17. The molecule has 2 aromatic rings. The van der Waals surface area contributed by atoms with Crippen molar-refractivity contribution in [2.75, 3.05) is 0 Å². The first-order chi connectivity index (χ1) is 10.6. The van der Waals surface area contributed by atoms with Crippen LogP contribution in [0.1, 0.15) is 44.6 Å². The third-order valence-corrected chi connectivity index (χ3v) is 3.55. The largest absolute Gasteiger partial charge is 0.354 e. The Morgan fingerprint density at radius 3 is 2.86 bits per heavy atom. The van der Waals surface area contributed by atoms with Crippen molar-refractivity contribution in [2.45, 2.75) is 52.5 Å². The summed E-state index contributed by atoms with van der Waals surface area (Å²) in [6.07, 6.45) is 2.88. The molecule has 0 bridgehead atoms. The van der Waals surface area contributed by atoms with E-state index in [1.165, 1.54) is 0 Å². The Morgan fingerprint density at radius 2 is 2.14 bits per heavy atom. The highest BCUT2D eigenvalue weighted by molar-refractivity contribution is 5.76. The number of benzene rings is 1. The predicted molar refractivity (Wildman–Crippen MR) is 85.3 cm³/mol. The molecule has 118 valence electrons. The summed E-state index contributed by atoms with van der Waals surface area (Å²) in [5.41, 5.74) is 2.06.